The quantitative estimate of drug-likeness (QED) is 0.391. The number of anilines is 2. The summed E-state index contributed by atoms with van der Waals surface area (Å²) in [5.74, 6) is -0.0352. The van der Waals surface area contributed by atoms with Crippen molar-refractivity contribution in [2.45, 2.75) is 6.42 Å². The van der Waals surface area contributed by atoms with E-state index in [9.17, 15) is 4.79 Å². The number of carbonyl (C=O) groups is 1. The third-order valence-corrected chi connectivity index (χ3v) is 5.50. The Balaban J connectivity index is 1.74. The Morgan fingerprint density at radius 2 is 1.33 bits per heavy atom. The highest BCUT2D eigenvalue weighted by atomic mass is 32.1. The molecular formula is C26H22N2OS. The SMILES string of the molecule is O=C(Cc1cccs1)NC=C(c1ccccc1)N(c1ccccc1)c1ccccc1. The summed E-state index contributed by atoms with van der Waals surface area (Å²) in [6.45, 7) is 0. The van der Waals surface area contributed by atoms with Crippen molar-refractivity contribution < 1.29 is 4.79 Å². The summed E-state index contributed by atoms with van der Waals surface area (Å²) >= 11 is 1.59. The van der Waals surface area contributed by atoms with E-state index in [0.29, 0.717) is 6.42 Å². The van der Waals surface area contributed by atoms with Gasteiger partial charge >= 0.3 is 0 Å². The Hall–Kier alpha value is -3.63. The first-order chi connectivity index (χ1) is 14.8. The van der Waals surface area contributed by atoms with E-state index in [0.717, 1.165) is 27.5 Å². The van der Waals surface area contributed by atoms with Gasteiger partial charge in [0.2, 0.25) is 5.91 Å². The molecule has 3 aromatic carbocycles. The maximum atomic E-state index is 12.6. The fourth-order valence-corrected chi connectivity index (χ4v) is 3.94. The van der Waals surface area contributed by atoms with Gasteiger partial charge in [-0.25, -0.2) is 0 Å². The van der Waals surface area contributed by atoms with Gasteiger partial charge in [-0.3, -0.25) is 4.79 Å². The van der Waals surface area contributed by atoms with Crippen LogP contribution < -0.4 is 10.2 Å². The summed E-state index contributed by atoms with van der Waals surface area (Å²) in [7, 11) is 0. The summed E-state index contributed by atoms with van der Waals surface area (Å²) in [6, 6.07) is 34.4. The van der Waals surface area contributed by atoms with Gasteiger partial charge in [-0.15, -0.1) is 11.3 Å². The topological polar surface area (TPSA) is 32.3 Å². The van der Waals surface area contributed by atoms with Gasteiger partial charge in [-0.05, 0) is 41.3 Å². The average molecular weight is 411 g/mol. The third-order valence-electron chi connectivity index (χ3n) is 4.62. The van der Waals surface area contributed by atoms with Crippen LogP contribution >= 0.6 is 11.3 Å². The average Bonchev–Trinajstić information content (AvgIpc) is 3.31. The predicted molar refractivity (Wildman–Crippen MR) is 126 cm³/mol. The van der Waals surface area contributed by atoms with Crippen LogP contribution in [0.3, 0.4) is 0 Å². The van der Waals surface area contributed by atoms with E-state index in [-0.39, 0.29) is 5.91 Å². The molecule has 4 aromatic rings. The van der Waals surface area contributed by atoms with E-state index in [1.54, 1.807) is 11.3 Å². The van der Waals surface area contributed by atoms with Gasteiger partial charge in [0.1, 0.15) is 0 Å². The molecule has 30 heavy (non-hydrogen) atoms. The molecule has 4 rings (SSSR count). The van der Waals surface area contributed by atoms with E-state index in [1.807, 2.05) is 78.3 Å². The van der Waals surface area contributed by atoms with Gasteiger partial charge in [0, 0.05) is 22.5 Å². The monoisotopic (exact) mass is 410 g/mol. The van der Waals surface area contributed by atoms with Crippen LogP contribution in [-0.2, 0) is 11.2 Å². The van der Waals surface area contributed by atoms with Gasteiger partial charge in [0.25, 0.3) is 0 Å². The van der Waals surface area contributed by atoms with Crippen LogP contribution in [0.1, 0.15) is 10.4 Å². The standard InChI is InChI=1S/C26H22N2OS/c29-26(19-24-17-10-18-30-24)27-20-25(21-11-4-1-5-12-21)28(22-13-6-2-7-14-22)23-15-8-3-9-16-23/h1-18,20H,19H2,(H,27,29). The Bertz CT molecular complexity index is 1050. The maximum absolute atomic E-state index is 12.6. The summed E-state index contributed by atoms with van der Waals surface area (Å²) in [4.78, 5) is 15.8. The second-order valence-corrected chi connectivity index (χ2v) is 7.76. The second kappa shape index (κ2) is 9.72. The number of benzene rings is 3. The van der Waals surface area contributed by atoms with Crippen LogP contribution in [0.5, 0.6) is 0 Å². The Labute approximate surface area is 180 Å². The summed E-state index contributed by atoms with van der Waals surface area (Å²) in [5.41, 5.74) is 3.95. The van der Waals surface area contributed by atoms with Crippen molar-refractivity contribution in [1.82, 2.24) is 5.32 Å². The lowest BCUT2D eigenvalue weighted by Crippen LogP contribution is -2.23. The summed E-state index contributed by atoms with van der Waals surface area (Å²) < 4.78 is 0. The molecule has 3 nitrogen and oxygen atoms in total. The zero-order chi connectivity index (χ0) is 20.6. The molecule has 0 unspecified atom stereocenters. The van der Waals surface area contributed by atoms with E-state index < -0.39 is 0 Å². The predicted octanol–water partition coefficient (Wildman–Crippen LogP) is 6.24. The van der Waals surface area contributed by atoms with Crippen LogP contribution in [0.4, 0.5) is 11.4 Å². The van der Waals surface area contributed by atoms with Crippen LogP contribution in [0, 0.1) is 0 Å². The molecule has 1 N–H and O–H groups in total. The molecule has 4 heteroatoms. The molecule has 148 valence electrons. The Kier molecular flexibility index (Phi) is 6.38. The number of hydrogen-bond donors (Lipinski definition) is 1. The van der Waals surface area contributed by atoms with E-state index in [4.69, 9.17) is 0 Å². The van der Waals surface area contributed by atoms with Crippen molar-refractivity contribution in [1.29, 1.82) is 0 Å². The number of nitrogens with one attached hydrogen (secondary N) is 1. The number of nitrogens with zero attached hydrogens (tertiary/aromatic N) is 1. The third kappa shape index (κ3) is 4.85. The molecule has 0 fully saturated rings. The summed E-state index contributed by atoms with van der Waals surface area (Å²) in [6.07, 6.45) is 2.18. The molecule has 1 amide bonds. The minimum atomic E-state index is -0.0352. The van der Waals surface area contributed by atoms with Crippen molar-refractivity contribution in [3.63, 3.8) is 0 Å². The highest BCUT2D eigenvalue weighted by Gasteiger charge is 2.17. The fourth-order valence-electron chi connectivity index (χ4n) is 3.24. The molecule has 0 aliphatic carbocycles. The van der Waals surface area contributed by atoms with Gasteiger partial charge in [0.05, 0.1) is 12.1 Å². The van der Waals surface area contributed by atoms with E-state index in [2.05, 4.69) is 46.6 Å². The molecule has 0 saturated heterocycles. The zero-order valence-electron chi connectivity index (χ0n) is 16.4. The molecule has 0 atom stereocenters. The van der Waals surface area contributed by atoms with Gasteiger partial charge in [0.15, 0.2) is 0 Å². The number of rotatable bonds is 7. The lowest BCUT2D eigenvalue weighted by Gasteiger charge is -2.28. The second-order valence-electron chi connectivity index (χ2n) is 6.73. The van der Waals surface area contributed by atoms with Gasteiger partial charge in [-0.1, -0.05) is 72.8 Å². The van der Waals surface area contributed by atoms with Crippen molar-refractivity contribution in [2.24, 2.45) is 0 Å². The van der Waals surface area contributed by atoms with Crippen molar-refractivity contribution in [2.75, 3.05) is 4.90 Å². The van der Waals surface area contributed by atoms with Crippen molar-refractivity contribution in [3.8, 4) is 0 Å². The molecule has 0 radical (unpaired) electrons. The Morgan fingerprint density at radius 1 is 0.767 bits per heavy atom. The number of para-hydroxylation sites is 2. The first-order valence-electron chi connectivity index (χ1n) is 9.79. The first kappa shape index (κ1) is 19.7. The molecule has 0 bridgehead atoms. The minimum absolute atomic E-state index is 0.0352. The lowest BCUT2D eigenvalue weighted by molar-refractivity contribution is -0.119. The van der Waals surface area contributed by atoms with Crippen molar-refractivity contribution >= 4 is 34.3 Å². The molecule has 0 aliphatic rings. The summed E-state index contributed by atoms with van der Waals surface area (Å²) in [5, 5.41) is 4.99. The number of thiophene rings is 1. The van der Waals surface area contributed by atoms with E-state index >= 15 is 0 Å². The largest absolute Gasteiger partial charge is 0.330 e. The van der Waals surface area contributed by atoms with Crippen LogP contribution in [0.15, 0.2) is 115 Å². The normalized spacial score (nSPS) is 11.1. The highest BCUT2D eigenvalue weighted by Crippen LogP contribution is 2.34. The van der Waals surface area contributed by atoms with Gasteiger partial charge < -0.3 is 10.2 Å². The molecule has 0 saturated carbocycles. The first-order valence-corrected chi connectivity index (χ1v) is 10.7. The van der Waals surface area contributed by atoms with Crippen LogP contribution in [0.25, 0.3) is 5.70 Å². The highest BCUT2D eigenvalue weighted by molar-refractivity contribution is 7.10. The van der Waals surface area contributed by atoms with E-state index in [1.165, 1.54) is 0 Å². The molecular weight excluding hydrogens is 388 g/mol. The van der Waals surface area contributed by atoms with Crippen LogP contribution in [0.2, 0.25) is 0 Å². The number of carbonyl (C=O) groups excluding carboxylic acids is 1. The number of amides is 1. The maximum Gasteiger partial charge on any atom is 0.229 e. The Morgan fingerprint density at radius 3 is 1.87 bits per heavy atom. The smallest absolute Gasteiger partial charge is 0.229 e. The fraction of sp³-hybridized carbons (Fsp3) is 0.0385. The minimum Gasteiger partial charge on any atom is -0.330 e. The molecule has 0 spiro atoms. The van der Waals surface area contributed by atoms with Crippen LogP contribution in [-0.4, -0.2) is 5.91 Å². The lowest BCUT2D eigenvalue weighted by atomic mass is 10.1. The van der Waals surface area contributed by atoms with Crippen molar-refractivity contribution in [3.05, 3.63) is 125 Å². The number of hydrogen-bond acceptors (Lipinski definition) is 3. The molecule has 1 aromatic heterocycles. The zero-order valence-corrected chi connectivity index (χ0v) is 17.3. The molecule has 1 heterocycles. The molecule has 0 aliphatic heterocycles. The van der Waals surface area contributed by atoms with Gasteiger partial charge in [-0.2, -0.15) is 0 Å².